The summed E-state index contributed by atoms with van der Waals surface area (Å²) in [7, 11) is 0. The van der Waals surface area contributed by atoms with E-state index in [2.05, 4.69) is 0 Å². The van der Waals surface area contributed by atoms with Crippen molar-refractivity contribution in [2.75, 3.05) is 0 Å². The molecule has 3 heteroatoms. The molecule has 3 nitrogen and oxygen atoms in total. The maximum absolute atomic E-state index is 12.0. The summed E-state index contributed by atoms with van der Waals surface area (Å²) >= 11 is 0. The van der Waals surface area contributed by atoms with Crippen molar-refractivity contribution in [3.8, 4) is 0 Å². The van der Waals surface area contributed by atoms with E-state index in [0.717, 1.165) is 5.56 Å². The van der Waals surface area contributed by atoms with Gasteiger partial charge in [0, 0.05) is 12.0 Å². The summed E-state index contributed by atoms with van der Waals surface area (Å²) in [6.07, 6.45) is 1.12. The van der Waals surface area contributed by atoms with Crippen LogP contribution in [0.1, 0.15) is 32.7 Å². The quantitative estimate of drug-likeness (QED) is 0.833. The Kier molecular flexibility index (Phi) is 4.08. The molecule has 0 amide bonds. The minimum Gasteiger partial charge on any atom is -0.478 e. The van der Waals surface area contributed by atoms with Crippen molar-refractivity contribution < 1.29 is 14.7 Å². The Labute approximate surface area is 111 Å². The molecule has 1 N–H and O–H groups in total. The minimum absolute atomic E-state index is 0.0285. The molecular weight excluding hydrogens is 240 g/mol. The number of rotatable bonds is 5. The summed E-state index contributed by atoms with van der Waals surface area (Å²) in [5, 5.41) is 8.78. The average Bonchev–Trinajstić information content (AvgIpc) is 2.46. The van der Waals surface area contributed by atoms with Gasteiger partial charge >= 0.3 is 5.97 Å². The van der Waals surface area contributed by atoms with Crippen LogP contribution < -0.4 is 0 Å². The zero-order valence-electron chi connectivity index (χ0n) is 10.4. The number of carboxylic acids is 1. The highest BCUT2D eigenvalue weighted by molar-refractivity contribution is 5.97. The summed E-state index contributed by atoms with van der Waals surface area (Å²) < 4.78 is 0. The normalized spacial score (nSPS) is 10.1. The molecule has 2 rings (SSSR count). The lowest BCUT2D eigenvalue weighted by Gasteiger charge is -2.02. The molecule has 0 atom stereocenters. The van der Waals surface area contributed by atoms with Gasteiger partial charge in [0.25, 0.3) is 0 Å². The first-order valence-corrected chi connectivity index (χ1v) is 6.07. The number of aryl methyl sites for hydroxylation is 1. The lowest BCUT2D eigenvalue weighted by molar-refractivity contribution is 0.0696. The van der Waals surface area contributed by atoms with Gasteiger partial charge in [-0.1, -0.05) is 42.5 Å². The third-order valence-corrected chi connectivity index (χ3v) is 2.94. The van der Waals surface area contributed by atoms with Crippen molar-refractivity contribution in [1.29, 1.82) is 0 Å². The molecule has 0 saturated heterocycles. The van der Waals surface area contributed by atoms with Gasteiger partial charge in [-0.3, -0.25) is 4.79 Å². The van der Waals surface area contributed by atoms with Crippen molar-refractivity contribution in [3.63, 3.8) is 0 Å². The van der Waals surface area contributed by atoms with Crippen LogP contribution in [0.2, 0.25) is 0 Å². The first kappa shape index (κ1) is 13.0. The predicted octanol–water partition coefficient (Wildman–Crippen LogP) is 3.20. The van der Waals surface area contributed by atoms with Gasteiger partial charge in [0.1, 0.15) is 0 Å². The largest absolute Gasteiger partial charge is 0.478 e. The van der Waals surface area contributed by atoms with Gasteiger partial charge in [-0.05, 0) is 24.1 Å². The van der Waals surface area contributed by atoms with Crippen LogP contribution in [-0.4, -0.2) is 16.9 Å². The monoisotopic (exact) mass is 254 g/mol. The highest BCUT2D eigenvalue weighted by atomic mass is 16.4. The third kappa shape index (κ3) is 3.52. The summed E-state index contributed by atoms with van der Waals surface area (Å²) in [6.45, 7) is 0. The van der Waals surface area contributed by atoms with Crippen LogP contribution in [-0.2, 0) is 6.42 Å². The van der Waals surface area contributed by atoms with Crippen molar-refractivity contribution in [3.05, 3.63) is 71.3 Å². The second-order valence-corrected chi connectivity index (χ2v) is 4.29. The van der Waals surface area contributed by atoms with Crippen LogP contribution in [0, 0.1) is 0 Å². The Bertz CT molecular complexity index is 571. The van der Waals surface area contributed by atoms with E-state index in [1.54, 1.807) is 12.1 Å². The maximum atomic E-state index is 12.0. The minimum atomic E-state index is -0.983. The molecule has 0 saturated carbocycles. The number of carbonyl (C=O) groups is 2. The van der Waals surface area contributed by atoms with Gasteiger partial charge < -0.3 is 5.11 Å². The SMILES string of the molecule is O=C(O)c1ccc(C(=O)CCc2ccccc2)cc1. The zero-order valence-corrected chi connectivity index (χ0v) is 10.4. The van der Waals surface area contributed by atoms with E-state index in [0.29, 0.717) is 18.4 Å². The maximum Gasteiger partial charge on any atom is 0.335 e. The molecule has 2 aromatic rings. The van der Waals surface area contributed by atoms with E-state index in [-0.39, 0.29) is 11.3 Å². The van der Waals surface area contributed by atoms with Crippen molar-refractivity contribution in [2.45, 2.75) is 12.8 Å². The molecule has 0 heterocycles. The number of ketones is 1. The van der Waals surface area contributed by atoms with E-state index in [1.807, 2.05) is 30.3 Å². The second-order valence-electron chi connectivity index (χ2n) is 4.29. The number of carbonyl (C=O) groups excluding carboxylic acids is 1. The molecule has 0 spiro atoms. The molecule has 96 valence electrons. The molecule has 0 unspecified atom stereocenters. The van der Waals surface area contributed by atoms with Crippen molar-refractivity contribution in [2.24, 2.45) is 0 Å². The fourth-order valence-electron chi connectivity index (χ4n) is 1.85. The van der Waals surface area contributed by atoms with Crippen LogP contribution in [0.4, 0.5) is 0 Å². The molecule has 0 aliphatic carbocycles. The van der Waals surface area contributed by atoms with Gasteiger partial charge in [-0.2, -0.15) is 0 Å². The zero-order chi connectivity index (χ0) is 13.7. The van der Waals surface area contributed by atoms with Crippen LogP contribution in [0.25, 0.3) is 0 Å². The molecule has 2 aromatic carbocycles. The lowest BCUT2D eigenvalue weighted by atomic mass is 10.0. The fourth-order valence-corrected chi connectivity index (χ4v) is 1.85. The van der Waals surface area contributed by atoms with Gasteiger partial charge in [0.15, 0.2) is 5.78 Å². The predicted molar refractivity (Wildman–Crippen MR) is 72.5 cm³/mol. The van der Waals surface area contributed by atoms with E-state index in [1.165, 1.54) is 12.1 Å². The smallest absolute Gasteiger partial charge is 0.335 e. The number of aromatic carboxylic acids is 1. The Balaban J connectivity index is 1.98. The van der Waals surface area contributed by atoms with Crippen molar-refractivity contribution >= 4 is 11.8 Å². The average molecular weight is 254 g/mol. The van der Waals surface area contributed by atoms with Crippen LogP contribution in [0.3, 0.4) is 0 Å². The van der Waals surface area contributed by atoms with Crippen molar-refractivity contribution in [1.82, 2.24) is 0 Å². The van der Waals surface area contributed by atoms with E-state index in [9.17, 15) is 9.59 Å². The summed E-state index contributed by atoms with van der Waals surface area (Å²) in [5.41, 5.74) is 1.87. The number of Topliss-reactive ketones (excluding diaryl/α,β-unsaturated/α-hetero) is 1. The second kappa shape index (κ2) is 5.96. The summed E-state index contributed by atoms with van der Waals surface area (Å²) in [6, 6.07) is 15.9. The van der Waals surface area contributed by atoms with Gasteiger partial charge in [0.2, 0.25) is 0 Å². The van der Waals surface area contributed by atoms with E-state index in [4.69, 9.17) is 5.11 Å². The first-order valence-electron chi connectivity index (χ1n) is 6.07. The molecule has 19 heavy (non-hydrogen) atoms. The van der Waals surface area contributed by atoms with Gasteiger partial charge in [0.05, 0.1) is 5.56 Å². The van der Waals surface area contributed by atoms with E-state index >= 15 is 0 Å². The number of hydrogen-bond donors (Lipinski definition) is 1. The number of carboxylic acid groups (broad SMARTS) is 1. The molecule has 0 bridgehead atoms. The molecule has 0 aliphatic heterocycles. The highest BCUT2D eigenvalue weighted by Gasteiger charge is 2.08. The third-order valence-electron chi connectivity index (χ3n) is 2.94. The Morgan fingerprint density at radius 1 is 0.842 bits per heavy atom. The molecular formula is C16H14O3. The van der Waals surface area contributed by atoms with Crippen LogP contribution in [0.15, 0.2) is 54.6 Å². The van der Waals surface area contributed by atoms with Crippen LogP contribution >= 0.6 is 0 Å². The molecule has 0 aromatic heterocycles. The number of benzene rings is 2. The fraction of sp³-hybridized carbons (Fsp3) is 0.125. The van der Waals surface area contributed by atoms with Crippen LogP contribution in [0.5, 0.6) is 0 Å². The van der Waals surface area contributed by atoms with Gasteiger partial charge in [-0.25, -0.2) is 4.79 Å². The van der Waals surface area contributed by atoms with E-state index < -0.39 is 5.97 Å². The first-order chi connectivity index (χ1) is 9.16. The molecule has 0 aliphatic rings. The molecule has 0 radical (unpaired) electrons. The Morgan fingerprint density at radius 3 is 2.00 bits per heavy atom. The summed E-state index contributed by atoms with van der Waals surface area (Å²) in [4.78, 5) is 22.7. The summed E-state index contributed by atoms with van der Waals surface area (Å²) in [5.74, 6) is -0.955. The topological polar surface area (TPSA) is 54.4 Å². The molecule has 0 fully saturated rings. The Hall–Kier alpha value is -2.42. The Morgan fingerprint density at radius 2 is 1.42 bits per heavy atom. The lowest BCUT2D eigenvalue weighted by Crippen LogP contribution is -2.02. The highest BCUT2D eigenvalue weighted by Crippen LogP contribution is 2.10. The van der Waals surface area contributed by atoms with Gasteiger partial charge in [-0.15, -0.1) is 0 Å². The number of hydrogen-bond acceptors (Lipinski definition) is 2. The standard InChI is InChI=1S/C16H14O3/c17-15(11-6-12-4-2-1-3-5-12)13-7-9-14(10-8-13)16(18)19/h1-5,7-10H,6,11H2,(H,18,19).